The second-order valence-corrected chi connectivity index (χ2v) is 8.42. The van der Waals surface area contributed by atoms with Gasteiger partial charge >= 0.3 is 11.9 Å². The minimum absolute atomic E-state index is 0. The van der Waals surface area contributed by atoms with E-state index >= 15 is 0 Å². The molecule has 2 aromatic carbocycles. The summed E-state index contributed by atoms with van der Waals surface area (Å²) in [5, 5.41) is 1.02. The molecule has 3 rings (SSSR count). The molecule has 1 aromatic heterocycles. The Labute approximate surface area is 209 Å². The zero-order valence-corrected chi connectivity index (χ0v) is 21.9. The summed E-state index contributed by atoms with van der Waals surface area (Å²) >= 11 is 4.75. The SMILES string of the molecule is Br.CCOC(=O)c1c(CSC(N)=Nc2ccccc2)n(C)c2cc(Br)c(OC(C)=O)cc12. The first-order chi connectivity index (χ1) is 14.8. The summed E-state index contributed by atoms with van der Waals surface area (Å²) in [5.41, 5.74) is 8.80. The molecule has 0 atom stereocenters. The Hall–Kier alpha value is -2.30. The minimum Gasteiger partial charge on any atom is -0.462 e. The van der Waals surface area contributed by atoms with E-state index in [1.807, 2.05) is 48.0 Å². The molecule has 0 spiro atoms. The lowest BCUT2D eigenvalue weighted by Crippen LogP contribution is -2.11. The van der Waals surface area contributed by atoms with Crippen LogP contribution in [-0.2, 0) is 22.3 Å². The quantitative estimate of drug-likeness (QED) is 0.178. The van der Waals surface area contributed by atoms with Gasteiger partial charge in [0.25, 0.3) is 0 Å². The third-order valence-corrected chi connectivity index (χ3v) is 5.88. The summed E-state index contributed by atoms with van der Waals surface area (Å²) in [7, 11) is 1.86. The maximum Gasteiger partial charge on any atom is 0.340 e. The highest BCUT2D eigenvalue weighted by atomic mass is 79.9. The van der Waals surface area contributed by atoms with Crippen LogP contribution in [0.4, 0.5) is 5.69 Å². The fraction of sp³-hybridized carbons (Fsp3) is 0.227. The number of carbonyl (C=O) groups is 2. The lowest BCUT2D eigenvalue weighted by Gasteiger charge is -2.07. The molecule has 1 heterocycles. The van der Waals surface area contributed by atoms with E-state index in [1.165, 1.54) is 18.7 Å². The standard InChI is InChI=1S/C22H22BrN3O4S.BrH/c1-4-29-21(28)20-15-10-19(30-13(2)27)16(23)11-17(15)26(3)18(20)12-31-22(24)25-14-8-6-5-7-9-14;/h5-11H,4,12H2,1-3H3,(H2,24,25);1H. The van der Waals surface area contributed by atoms with Crippen molar-refractivity contribution in [2.24, 2.45) is 17.8 Å². The van der Waals surface area contributed by atoms with Crippen LogP contribution >= 0.6 is 44.7 Å². The Kier molecular flexibility index (Phi) is 9.35. The molecule has 0 radical (unpaired) electrons. The van der Waals surface area contributed by atoms with Crippen LogP contribution in [-0.4, -0.2) is 28.3 Å². The zero-order valence-electron chi connectivity index (χ0n) is 17.8. The number of halogens is 2. The van der Waals surface area contributed by atoms with Crippen molar-refractivity contribution in [1.29, 1.82) is 0 Å². The van der Waals surface area contributed by atoms with Crippen molar-refractivity contribution in [3.05, 3.63) is 58.2 Å². The van der Waals surface area contributed by atoms with E-state index in [0.717, 1.165) is 16.9 Å². The number of thioether (sulfide) groups is 1. The highest BCUT2D eigenvalue weighted by Crippen LogP contribution is 2.36. The number of benzene rings is 2. The first kappa shape index (κ1) is 26.0. The number of ether oxygens (including phenoxy) is 2. The van der Waals surface area contributed by atoms with Gasteiger partial charge in [0.2, 0.25) is 0 Å². The number of aromatic nitrogens is 1. The number of hydrogen-bond donors (Lipinski definition) is 1. The lowest BCUT2D eigenvalue weighted by molar-refractivity contribution is -0.131. The largest absolute Gasteiger partial charge is 0.462 e. The fourth-order valence-corrected chi connectivity index (χ4v) is 4.33. The topological polar surface area (TPSA) is 95.9 Å². The van der Waals surface area contributed by atoms with Crippen LogP contribution in [0.5, 0.6) is 5.75 Å². The molecule has 0 amide bonds. The molecule has 3 aromatic rings. The number of para-hydroxylation sites is 1. The number of aliphatic imine (C=N–C) groups is 1. The van der Waals surface area contributed by atoms with Gasteiger partial charge in [-0.15, -0.1) is 17.0 Å². The molecule has 0 unspecified atom stereocenters. The van der Waals surface area contributed by atoms with E-state index in [-0.39, 0.29) is 23.6 Å². The number of hydrogen-bond acceptors (Lipinski definition) is 6. The number of carbonyl (C=O) groups excluding carboxylic acids is 2. The Balaban J connectivity index is 0.00000363. The molecule has 0 saturated carbocycles. The van der Waals surface area contributed by atoms with Crippen LogP contribution in [0.2, 0.25) is 0 Å². The van der Waals surface area contributed by atoms with Crippen LogP contribution < -0.4 is 10.5 Å². The van der Waals surface area contributed by atoms with Crippen LogP contribution in [0.25, 0.3) is 10.9 Å². The second kappa shape index (κ2) is 11.5. The molecule has 7 nitrogen and oxygen atoms in total. The van der Waals surface area contributed by atoms with E-state index in [9.17, 15) is 9.59 Å². The second-order valence-electron chi connectivity index (χ2n) is 6.57. The van der Waals surface area contributed by atoms with Gasteiger partial charge in [0, 0.05) is 30.8 Å². The average molecular weight is 585 g/mol. The number of aryl methyl sites for hydroxylation is 1. The van der Waals surface area contributed by atoms with Crippen molar-refractivity contribution >= 4 is 78.4 Å². The van der Waals surface area contributed by atoms with E-state index in [2.05, 4.69) is 20.9 Å². The van der Waals surface area contributed by atoms with E-state index < -0.39 is 11.9 Å². The van der Waals surface area contributed by atoms with Crippen molar-refractivity contribution in [2.45, 2.75) is 19.6 Å². The van der Waals surface area contributed by atoms with Gasteiger partial charge in [0.1, 0.15) is 5.75 Å². The molecule has 10 heteroatoms. The molecular weight excluding hydrogens is 562 g/mol. The van der Waals surface area contributed by atoms with Crippen molar-refractivity contribution in [2.75, 3.05) is 6.61 Å². The van der Waals surface area contributed by atoms with Gasteiger partial charge in [0.05, 0.1) is 27.8 Å². The zero-order chi connectivity index (χ0) is 22.5. The molecule has 0 aliphatic rings. The number of rotatable bonds is 6. The van der Waals surface area contributed by atoms with Crippen molar-refractivity contribution in [3.8, 4) is 5.75 Å². The maximum atomic E-state index is 12.8. The number of nitrogens with zero attached hydrogens (tertiary/aromatic N) is 2. The first-order valence-electron chi connectivity index (χ1n) is 9.50. The van der Waals surface area contributed by atoms with Gasteiger partial charge in [-0.3, -0.25) is 4.79 Å². The van der Waals surface area contributed by atoms with Crippen molar-refractivity contribution < 1.29 is 19.1 Å². The molecule has 0 bridgehead atoms. The highest BCUT2D eigenvalue weighted by molar-refractivity contribution is 9.10. The Morgan fingerprint density at radius 3 is 2.53 bits per heavy atom. The number of esters is 2. The van der Waals surface area contributed by atoms with Crippen LogP contribution in [0.1, 0.15) is 29.9 Å². The Morgan fingerprint density at radius 2 is 1.91 bits per heavy atom. The molecule has 0 aliphatic heterocycles. The van der Waals surface area contributed by atoms with Gasteiger partial charge in [-0.2, -0.15) is 0 Å². The third kappa shape index (κ3) is 5.93. The molecular formula is C22H23Br2N3O4S. The fourth-order valence-electron chi connectivity index (χ4n) is 3.13. The van der Waals surface area contributed by atoms with E-state index in [4.69, 9.17) is 15.2 Å². The van der Waals surface area contributed by atoms with Crippen LogP contribution in [0, 0.1) is 0 Å². The van der Waals surface area contributed by atoms with Crippen LogP contribution in [0.15, 0.2) is 51.9 Å². The Bertz CT molecular complexity index is 1160. The minimum atomic E-state index is -0.450. The number of nitrogens with two attached hydrogens (primary N) is 1. The molecule has 0 fully saturated rings. The van der Waals surface area contributed by atoms with Crippen LogP contribution in [0.3, 0.4) is 0 Å². The summed E-state index contributed by atoms with van der Waals surface area (Å²) in [4.78, 5) is 28.7. The number of fused-ring (bicyclic) bond motifs is 1. The lowest BCUT2D eigenvalue weighted by atomic mass is 10.1. The maximum absolute atomic E-state index is 12.8. The summed E-state index contributed by atoms with van der Waals surface area (Å²) in [6, 6.07) is 12.9. The van der Waals surface area contributed by atoms with E-state index in [0.29, 0.717) is 32.1 Å². The monoisotopic (exact) mass is 583 g/mol. The predicted molar refractivity (Wildman–Crippen MR) is 137 cm³/mol. The third-order valence-electron chi connectivity index (χ3n) is 4.46. The molecule has 2 N–H and O–H groups in total. The van der Waals surface area contributed by atoms with Gasteiger partial charge in [-0.05, 0) is 47.1 Å². The van der Waals surface area contributed by atoms with Crippen molar-refractivity contribution in [3.63, 3.8) is 0 Å². The predicted octanol–water partition coefficient (Wildman–Crippen LogP) is 5.50. The van der Waals surface area contributed by atoms with Crippen molar-refractivity contribution in [1.82, 2.24) is 4.57 Å². The molecule has 0 saturated heterocycles. The number of amidine groups is 1. The molecule has 32 heavy (non-hydrogen) atoms. The molecule has 0 aliphatic carbocycles. The van der Waals surface area contributed by atoms with E-state index in [1.54, 1.807) is 13.0 Å². The summed E-state index contributed by atoms with van der Waals surface area (Å²) in [6.07, 6.45) is 0. The first-order valence-corrected chi connectivity index (χ1v) is 11.3. The summed E-state index contributed by atoms with van der Waals surface area (Å²) < 4.78 is 13.1. The van der Waals surface area contributed by atoms with Gasteiger partial charge in [-0.1, -0.05) is 30.0 Å². The van der Waals surface area contributed by atoms with Gasteiger partial charge in [0.15, 0.2) is 5.17 Å². The smallest absolute Gasteiger partial charge is 0.340 e. The van der Waals surface area contributed by atoms with Gasteiger partial charge in [-0.25, -0.2) is 9.79 Å². The molecule has 170 valence electrons. The highest BCUT2D eigenvalue weighted by Gasteiger charge is 2.24. The summed E-state index contributed by atoms with van der Waals surface area (Å²) in [6.45, 7) is 3.32. The van der Waals surface area contributed by atoms with Gasteiger partial charge < -0.3 is 19.8 Å². The average Bonchev–Trinajstić information content (AvgIpc) is 2.98. The summed E-state index contributed by atoms with van der Waals surface area (Å²) in [5.74, 6) is -0.157. The normalized spacial score (nSPS) is 11.2. The Morgan fingerprint density at radius 1 is 1.22 bits per heavy atom.